The van der Waals surface area contributed by atoms with Gasteiger partial charge in [0.2, 0.25) is 0 Å². The number of thiophene rings is 1. The number of nitrogens with zero attached hydrogens (tertiary/aromatic N) is 1. The van der Waals surface area contributed by atoms with Crippen molar-refractivity contribution >= 4 is 51.4 Å². The normalized spacial score (nSPS) is 13.7. The largest absolute Gasteiger partial charge is 0.386 e. The summed E-state index contributed by atoms with van der Waals surface area (Å²) in [6.07, 6.45) is -0.558. The second-order valence-electron chi connectivity index (χ2n) is 6.35. The molecule has 27 heavy (non-hydrogen) atoms. The first-order valence-corrected chi connectivity index (χ1v) is 9.65. The van der Waals surface area contributed by atoms with Crippen LogP contribution in [0.3, 0.4) is 0 Å². The van der Waals surface area contributed by atoms with Gasteiger partial charge in [-0.15, -0.1) is 35.3 Å². The van der Waals surface area contributed by atoms with Gasteiger partial charge in [0.05, 0.1) is 0 Å². The van der Waals surface area contributed by atoms with Gasteiger partial charge < -0.3 is 15.7 Å². The SMILES string of the molecule is CN=C(NCC(C)c1ccccc1)NCC(O)c1cc2ccccc2s1.I. The number of aliphatic imine (C=N–C) groups is 1. The van der Waals surface area contributed by atoms with Crippen LogP contribution >= 0.6 is 35.3 Å². The minimum atomic E-state index is -0.558. The van der Waals surface area contributed by atoms with Crippen molar-refractivity contribution in [2.24, 2.45) is 4.99 Å². The number of hydrogen-bond acceptors (Lipinski definition) is 3. The van der Waals surface area contributed by atoms with Crippen LogP contribution in [0.4, 0.5) is 0 Å². The zero-order valence-corrected chi connectivity index (χ0v) is 18.7. The van der Waals surface area contributed by atoms with Gasteiger partial charge in [0, 0.05) is 29.7 Å². The fraction of sp³-hybridized carbons (Fsp3) is 0.286. The van der Waals surface area contributed by atoms with Crippen molar-refractivity contribution in [3.63, 3.8) is 0 Å². The van der Waals surface area contributed by atoms with Gasteiger partial charge in [-0.25, -0.2) is 0 Å². The number of benzene rings is 2. The summed E-state index contributed by atoms with van der Waals surface area (Å²) in [6.45, 7) is 3.39. The molecule has 0 aliphatic rings. The van der Waals surface area contributed by atoms with Crippen molar-refractivity contribution in [2.75, 3.05) is 20.1 Å². The Morgan fingerprint density at radius 3 is 2.41 bits per heavy atom. The molecular weight excluding hydrogens is 469 g/mol. The summed E-state index contributed by atoms with van der Waals surface area (Å²) in [7, 11) is 1.74. The lowest BCUT2D eigenvalue weighted by atomic mass is 10.0. The van der Waals surface area contributed by atoms with E-state index in [-0.39, 0.29) is 24.0 Å². The van der Waals surface area contributed by atoms with Gasteiger partial charge >= 0.3 is 0 Å². The molecule has 1 aromatic heterocycles. The first kappa shape index (κ1) is 21.7. The molecule has 144 valence electrons. The molecule has 3 rings (SSSR count). The molecule has 2 unspecified atom stereocenters. The second-order valence-corrected chi connectivity index (χ2v) is 7.46. The number of halogens is 1. The number of rotatable bonds is 6. The van der Waals surface area contributed by atoms with E-state index in [4.69, 9.17) is 0 Å². The molecule has 2 aromatic carbocycles. The molecule has 0 spiro atoms. The highest BCUT2D eigenvalue weighted by Gasteiger charge is 2.12. The predicted molar refractivity (Wildman–Crippen MR) is 126 cm³/mol. The van der Waals surface area contributed by atoms with E-state index < -0.39 is 6.10 Å². The predicted octanol–water partition coefficient (Wildman–Crippen LogP) is 4.52. The van der Waals surface area contributed by atoms with Gasteiger partial charge in [-0.05, 0) is 29.0 Å². The average Bonchev–Trinajstić information content (AvgIpc) is 3.12. The van der Waals surface area contributed by atoms with Crippen LogP contribution < -0.4 is 10.6 Å². The highest BCUT2D eigenvalue weighted by Crippen LogP contribution is 2.29. The minimum absolute atomic E-state index is 0. The Bertz CT molecular complexity index is 833. The van der Waals surface area contributed by atoms with Crippen molar-refractivity contribution in [3.05, 3.63) is 71.1 Å². The van der Waals surface area contributed by atoms with Crippen LogP contribution in [0, 0.1) is 0 Å². The summed E-state index contributed by atoms with van der Waals surface area (Å²) in [5.41, 5.74) is 1.29. The molecule has 0 amide bonds. The van der Waals surface area contributed by atoms with Crippen LogP contribution in [0.1, 0.15) is 29.4 Å². The average molecular weight is 495 g/mol. The van der Waals surface area contributed by atoms with Gasteiger partial charge in [0.15, 0.2) is 5.96 Å². The van der Waals surface area contributed by atoms with Gasteiger partial charge in [-0.1, -0.05) is 55.5 Å². The van der Waals surface area contributed by atoms with E-state index in [0.717, 1.165) is 11.4 Å². The van der Waals surface area contributed by atoms with Crippen LogP contribution in [-0.2, 0) is 0 Å². The van der Waals surface area contributed by atoms with Crippen LogP contribution in [0.25, 0.3) is 10.1 Å². The van der Waals surface area contributed by atoms with Crippen molar-refractivity contribution < 1.29 is 5.11 Å². The summed E-state index contributed by atoms with van der Waals surface area (Å²) in [4.78, 5) is 5.21. The Hall–Kier alpha value is -1.64. The van der Waals surface area contributed by atoms with Gasteiger partial charge in [0.25, 0.3) is 0 Å². The second kappa shape index (κ2) is 10.6. The fourth-order valence-electron chi connectivity index (χ4n) is 2.83. The standard InChI is InChI=1S/C21H25N3OS.HI/c1-15(16-8-4-3-5-9-16)13-23-21(22-2)24-14-18(25)20-12-17-10-6-7-11-19(17)26-20;/h3-12,15,18,25H,13-14H2,1-2H3,(H2,22,23,24);1H. The van der Waals surface area contributed by atoms with E-state index in [1.165, 1.54) is 15.6 Å². The summed E-state index contributed by atoms with van der Waals surface area (Å²) in [6, 6.07) is 20.6. The summed E-state index contributed by atoms with van der Waals surface area (Å²) >= 11 is 1.63. The highest BCUT2D eigenvalue weighted by atomic mass is 127. The molecular formula is C21H26IN3OS. The van der Waals surface area contributed by atoms with E-state index in [1.54, 1.807) is 18.4 Å². The number of aliphatic hydroxyl groups excluding tert-OH is 1. The third-order valence-corrected chi connectivity index (χ3v) is 5.62. The van der Waals surface area contributed by atoms with E-state index in [9.17, 15) is 5.11 Å². The van der Waals surface area contributed by atoms with Crippen molar-refractivity contribution in [2.45, 2.75) is 18.9 Å². The number of aliphatic hydroxyl groups is 1. The highest BCUT2D eigenvalue weighted by molar-refractivity contribution is 14.0. The van der Waals surface area contributed by atoms with Gasteiger partial charge in [-0.2, -0.15) is 0 Å². The molecule has 6 heteroatoms. The molecule has 0 fully saturated rings. The van der Waals surface area contributed by atoms with Crippen LogP contribution in [0.2, 0.25) is 0 Å². The zero-order valence-electron chi connectivity index (χ0n) is 15.6. The number of nitrogens with one attached hydrogen (secondary N) is 2. The summed E-state index contributed by atoms with van der Waals surface area (Å²) in [5, 5.41) is 18.2. The lowest BCUT2D eigenvalue weighted by molar-refractivity contribution is 0.184. The maximum absolute atomic E-state index is 10.5. The van der Waals surface area contributed by atoms with Crippen LogP contribution in [0.5, 0.6) is 0 Å². The van der Waals surface area contributed by atoms with E-state index >= 15 is 0 Å². The molecule has 0 saturated heterocycles. The monoisotopic (exact) mass is 495 g/mol. The molecule has 1 heterocycles. The lowest BCUT2D eigenvalue weighted by Crippen LogP contribution is -2.40. The number of fused-ring (bicyclic) bond motifs is 1. The molecule has 0 aliphatic carbocycles. The smallest absolute Gasteiger partial charge is 0.191 e. The molecule has 4 nitrogen and oxygen atoms in total. The Kier molecular flexibility index (Phi) is 8.53. The van der Waals surface area contributed by atoms with Crippen molar-refractivity contribution in [1.29, 1.82) is 0 Å². The third-order valence-electron chi connectivity index (χ3n) is 4.40. The van der Waals surface area contributed by atoms with Crippen molar-refractivity contribution in [3.8, 4) is 0 Å². The maximum atomic E-state index is 10.5. The third kappa shape index (κ3) is 5.92. The first-order chi connectivity index (χ1) is 12.7. The quantitative estimate of drug-likeness (QED) is 0.268. The molecule has 0 saturated carbocycles. The first-order valence-electron chi connectivity index (χ1n) is 8.83. The van der Waals surface area contributed by atoms with Crippen LogP contribution in [0.15, 0.2) is 65.7 Å². The van der Waals surface area contributed by atoms with Crippen LogP contribution in [-0.4, -0.2) is 31.2 Å². The number of guanidine groups is 1. The Morgan fingerprint density at radius 1 is 1.04 bits per heavy atom. The van der Waals surface area contributed by atoms with Crippen molar-refractivity contribution in [1.82, 2.24) is 10.6 Å². The number of hydrogen-bond donors (Lipinski definition) is 3. The van der Waals surface area contributed by atoms with Gasteiger partial charge in [0.1, 0.15) is 6.10 Å². The molecule has 0 aliphatic heterocycles. The molecule has 2 atom stereocenters. The fourth-order valence-corrected chi connectivity index (χ4v) is 3.88. The molecule has 0 bridgehead atoms. The Labute approximate surface area is 181 Å². The zero-order chi connectivity index (χ0) is 18.4. The van der Waals surface area contributed by atoms with E-state index in [2.05, 4.69) is 65.0 Å². The van der Waals surface area contributed by atoms with E-state index in [1.807, 2.05) is 18.2 Å². The molecule has 3 N–H and O–H groups in total. The lowest BCUT2D eigenvalue weighted by Gasteiger charge is -2.17. The summed E-state index contributed by atoms with van der Waals surface area (Å²) < 4.78 is 1.20. The molecule has 3 aromatic rings. The summed E-state index contributed by atoms with van der Waals surface area (Å²) in [5.74, 6) is 1.08. The minimum Gasteiger partial charge on any atom is -0.386 e. The Morgan fingerprint density at radius 2 is 1.70 bits per heavy atom. The van der Waals surface area contributed by atoms with Gasteiger partial charge in [-0.3, -0.25) is 4.99 Å². The Balaban J connectivity index is 0.00000261. The maximum Gasteiger partial charge on any atom is 0.191 e. The topological polar surface area (TPSA) is 56.7 Å². The van der Waals surface area contributed by atoms with E-state index in [0.29, 0.717) is 18.4 Å². The molecule has 0 radical (unpaired) electrons.